The number of benzene rings is 2. The van der Waals surface area contributed by atoms with Crippen molar-refractivity contribution in [3.8, 4) is 11.5 Å². The predicted molar refractivity (Wildman–Crippen MR) is 72.3 cm³/mol. The van der Waals surface area contributed by atoms with Crippen molar-refractivity contribution >= 4 is 0 Å². The second-order valence-electron chi connectivity index (χ2n) is 4.93. The third-order valence-corrected chi connectivity index (χ3v) is 3.59. The number of fused-ring (bicyclic) bond motifs is 1. The van der Waals surface area contributed by atoms with E-state index >= 15 is 0 Å². The SMILES string of the molecule is COc1ccc2c(c1)C(O)CC(c1ccc(F)cc1F)O2. The Labute approximate surface area is 120 Å². The molecule has 0 aromatic heterocycles. The molecule has 1 heterocycles. The molecule has 1 N–H and O–H groups in total. The van der Waals surface area contributed by atoms with Crippen LogP contribution >= 0.6 is 0 Å². The topological polar surface area (TPSA) is 38.7 Å². The summed E-state index contributed by atoms with van der Waals surface area (Å²) in [6.07, 6.45) is -1.25. The largest absolute Gasteiger partial charge is 0.497 e. The number of hydrogen-bond acceptors (Lipinski definition) is 3. The molecule has 0 fully saturated rings. The van der Waals surface area contributed by atoms with E-state index in [2.05, 4.69) is 0 Å². The summed E-state index contributed by atoms with van der Waals surface area (Å²) < 4.78 is 37.6. The molecule has 2 aromatic rings. The summed E-state index contributed by atoms with van der Waals surface area (Å²) in [5, 5.41) is 10.2. The molecule has 2 aromatic carbocycles. The van der Waals surface area contributed by atoms with E-state index in [0.717, 1.165) is 6.07 Å². The van der Waals surface area contributed by atoms with Crippen molar-refractivity contribution < 1.29 is 23.4 Å². The number of halogens is 2. The van der Waals surface area contributed by atoms with Crippen LogP contribution < -0.4 is 9.47 Å². The molecule has 1 aliphatic rings. The van der Waals surface area contributed by atoms with Gasteiger partial charge in [0.25, 0.3) is 0 Å². The fraction of sp³-hybridized carbons (Fsp3) is 0.250. The first-order chi connectivity index (χ1) is 10.1. The monoisotopic (exact) mass is 292 g/mol. The average molecular weight is 292 g/mol. The van der Waals surface area contributed by atoms with Crippen LogP contribution in [0.1, 0.15) is 29.8 Å². The molecule has 5 heteroatoms. The summed E-state index contributed by atoms with van der Waals surface area (Å²) in [5.41, 5.74) is 0.838. The lowest BCUT2D eigenvalue weighted by Gasteiger charge is -2.30. The maximum Gasteiger partial charge on any atom is 0.133 e. The van der Waals surface area contributed by atoms with Crippen LogP contribution in [0, 0.1) is 11.6 Å². The first-order valence-corrected chi connectivity index (χ1v) is 6.56. The summed E-state index contributed by atoms with van der Waals surface area (Å²) >= 11 is 0. The highest BCUT2D eigenvalue weighted by Crippen LogP contribution is 2.42. The van der Waals surface area contributed by atoms with Crippen LogP contribution in [0.4, 0.5) is 8.78 Å². The second kappa shape index (κ2) is 5.33. The minimum Gasteiger partial charge on any atom is -0.497 e. The van der Waals surface area contributed by atoms with Gasteiger partial charge in [-0.2, -0.15) is 0 Å². The van der Waals surface area contributed by atoms with E-state index in [1.165, 1.54) is 19.2 Å². The third kappa shape index (κ3) is 2.56. The van der Waals surface area contributed by atoms with E-state index in [1.807, 2.05) is 0 Å². The van der Waals surface area contributed by atoms with E-state index in [4.69, 9.17) is 9.47 Å². The van der Waals surface area contributed by atoms with Gasteiger partial charge in [-0.05, 0) is 30.3 Å². The van der Waals surface area contributed by atoms with Gasteiger partial charge in [0.1, 0.15) is 29.2 Å². The van der Waals surface area contributed by atoms with Crippen molar-refractivity contribution in [2.45, 2.75) is 18.6 Å². The highest BCUT2D eigenvalue weighted by Gasteiger charge is 2.30. The van der Waals surface area contributed by atoms with Crippen molar-refractivity contribution in [3.05, 3.63) is 59.2 Å². The molecule has 0 spiro atoms. The summed E-state index contributed by atoms with van der Waals surface area (Å²) in [7, 11) is 1.54. The lowest BCUT2D eigenvalue weighted by molar-refractivity contribution is 0.0637. The number of ether oxygens (including phenoxy) is 2. The van der Waals surface area contributed by atoms with Crippen LogP contribution in [0.2, 0.25) is 0 Å². The molecule has 3 nitrogen and oxygen atoms in total. The van der Waals surface area contributed by atoms with E-state index in [0.29, 0.717) is 17.1 Å². The van der Waals surface area contributed by atoms with Gasteiger partial charge in [0.2, 0.25) is 0 Å². The fourth-order valence-electron chi connectivity index (χ4n) is 2.51. The maximum atomic E-state index is 13.8. The Morgan fingerprint density at radius 1 is 1.14 bits per heavy atom. The lowest BCUT2D eigenvalue weighted by atomic mass is 9.94. The highest BCUT2D eigenvalue weighted by molar-refractivity contribution is 5.43. The quantitative estimate of drug-likeness (QED) is 0.920. The zero-order valence-corrected chi connectivity index (χ0v) is 11.3. The van der Waals surface area contributed by atoms with Crippen molar-refractivity contribution in [1.29, 1.82) is 0 Å². The second-order valence-corrected chi connectivity index (χ2v) is 4.93. The summed E-state index contributed by atoms with van der Waals surface area (Å²) in [6.45, 7) is 0. The molecule has 2 atom stereocenters. The standard InChI is InChI=1S/C16H14F2O3/c1-20-10-3-5-15-12(7-10)14(19)8-16(21-15)11-4-2-9(17)6-13(11)18/h2-7,14,16,19H,8H2,1H3. The third-order valence-electron chi connectivity index (χ3n) is 3.59. The van der Waals surface area contributed by atoms with Gasteiger partial charge in [0.05, 0.1) is 13.2 Å². The van der Waals surface area contributed by atoms with Crippen LogP contribution in [0.3, 0.4) is 0 Å². The van der Waals surface area contributed by atoms with Crippen LogP contribution in [0.25, 0.3) is 0 Å². The number of aliphatic hydroxyl groups excluding tert-OH is 1. The van der Waals surface area contributed by atoms with Crippen LogP contribution in [0.5, 0.6) is 11.5 Å². The van der Waals surface area contributed by atoms with Gasteiger partial charge in [-0.1, -0.05) is 0 Å². The van der Waals surface area contributed by atoms with Crippen molar-refractivity contribution in [1.82, 2.24) is 0 Å². The first-order valence-electron chi connectivity index (χ1n) is 6.56. The van der Waals surface area contributed by atoms with E-state index in [-0.39, 0.29) is 12.0 Å². The Bertz CT molecular complexity index is 673. The number of aliphatic hydroxyl groups is 1. The molecule has 3 rings (SSSR count). The highest BCUT2D eigenvalue weighted by atomic mass is 19.1. The molecule has 110 valence electrons. The minimum atomic E-state index is -0.793. The Hall–Kier alpha value is -2.14. The van der Waals surface area contributed by atoms with Crippen molar-refractivity contribution in [2.75, 3.05) is 7.11 Å². The maximum absolute atomic E-state index is 13.8. The van der Waals surface area contributed by atoms with Crippen LogP contribution in [0.15, 0.2) is 36.4 Å². The number of rotatable bonds is 2. The van der Waals surface area contributed by atoms with E-state index < -0.39 is 23.8 Å². The van der Waals surface area contributed by atoms with Gasteiger partial charge >= 0.3 is 0 Å². The molecule has 0 saturated carbocycles. The summed E-state index contributed by atoms with van der Waals surface area (Å²) in [5.74, 6) is -0.229. The van der Waals surface area contributed by atoms with Crippen LogP contribution in [-0.2, 0) is 0 Å². The van der Waals surface area contributed by atoms with Gasteiger partial charge in [-0.3, -0.25) is 0 Å². The molecule has 0 amide bonds. The first kappa shape index (κ1) is 13.8. The molecule has 2 unspecified atom stereocenters. The van der Waals surface area contributed by atoms with Gasteiger partial charge in [0, 0.05) is 23.6 Å². The predicted octanol–water partition coefficient (Wildman–Crippen LogP) is 3.53. The number of methoxy groups -OCH3 is 1. The molecule has 0 bridgehead atoms. The zero-order valence-electron chi connectivity index (χ0n) is 11.3. The van der Waals surface area contributed by atoms with E-state index in [9.17, 15) is 13.9 Å². The van der Waals surface area contributed by atoms with Crippen molar-refractivity contribution in [2.24, 2.45) is 0 Å². The Morgan fingerprint density at radius 3 is 2.67 bits per heavy atom. The molecule has 0 aliphatic carbocycles. The minimum absolute atomic E-state index is 0.197. The Morgan fingerprint density at radius 2 is 1.95 bits per heavy atom. The molecule has 0 radical (unpaired) electrons. The van der Waals surface area contributed by atoms with Gasteiger partial charge in [-0.15, -0.1) is 0 Å². The van der Waals surface area contributed by atoms with E-state index in [1.54, 1.807) is 18.2 Å². The van der Waals surface area contributed by atoms with Crippen LogP contribution in [-0.4, -0.2) is 12.2 Å². The van der Waals surface area contributed by atoms with Gasteiger partial charge in [0.15, 0.2) is 0 Å². The van der Waals surface area contributed by atoms with Gasteiger partial charge in [-0.25, -0.2) is 8.78 Å². The van der Waals surface area contributed by atoms with Crippen molar-refractivity contribution in [3.63, 3.8) is 0 Å². The lowest BCUT2D eigenvalue weighted by Crippen LogP contribution is -2.20. The molecule has 21 heavy (non-hydrogen) atoms. The Balaban J connectivity index is 1.94. The zero-order chi connectivity index (χ0) is 15.0. The summed E-state index contributed by atoms with van der Waals surface area (Å²) in [6, 6.07) is 8.40. The molecular formula is C16H14F2O3. The number of hydrogen-bond donors (Lipinski definition) is 1. The molecule has 0 saturated heterocycles. The Kier molecular flexibility index (Phi) is 3.51. The normalized spacial score (nSPS) is 20.6. The summed E-state index contributed by atoms with van der Waals surface area (Å²) in [4.78, 5) is 0. The smallest absolute Gasteiger partial charge is 0.133 e. The average Bonchev–Trinajstić information content (AvgIpc) is 2.47. The molecular weight excluding hydrogens is 278 g/mol. The molecule has 1 aliphatic heterocycles. The van der Waals surface area contributed by atoms with Gasteiger partial charge < -0.3 is 14.6 Å². The fourth-order valence-corrected chi connectivity index (χ4v) is 2.51.